The number of aliphatic carboxylic acids is 1. The van der Waals surface area contributed by atoms with Crippen molar-refractivity contribution in [3.63, 3.8) is 0 Å². The van der Waals surface area contributed by atoms with Gasteiger partial charge in [0.25, 0.3) is 5.91 Å². The number of hydrogen-bond acceptors (Lipinski definition) is 7. The van der Waals surface area contributed by atoms with E-state index in [2.05, 4.69) is 4.72 Å². The molecule has 1 saturated carbocycles. The average Bonchev–Trinajstić information content (AvgIpc) is 3.46. The molecule has 1 aliphatic heterocycles. The minimum absolute atomic E-state index is 0.0886. The average molecular weight is 545 g/mol. The molecule has 188 valence electrons. The third-order valence-electron chi connectivity index (χ3n) is 6.40. The standard InChI is InChI=1S/C26H25ClN2O5S2/c27-18-7-5-17(6-8-18)22-9-10-24(35-22)36-28-26(25(31)32)15-20(26)19-3-1-2-4-21(19)34-16-23(30)29-11-13-33-14-12-29/h1-10,20,28H,11-16H2,(H,31,32). The number of thiophene rings is 1. The number of carbonyl (C=O) groups is 2. The van der Waals surface area contributed by atoms with E-state index in [1.165, 1.54) is 11.9 Å². The highest BCUT2D eigenvalue weighted by Crippen LogP contribution is 2.55. The molecule has 2 aliphatic rings. The van der Waals surface area contributed by atoms with Crippen molar-refractivity contribution in [2.45, 2.75) is 22.1 Å². The molecular weight excluding hydrogens is 520 g/mol. The quantitative estimate of drug-likeness (QED) is 0.370. The first-order valence-electron chi connectivity index (χ1n) is 11.6. The topological polar surface area (TPSA) is 88.1 Å². The molecule has 1 amide bonds. The van der Waals surface area contributed by atoms with Gasteiger partial charge < -0.3 is 19.5 Å². The summed E-state index contributed by atoms with van der Waals surface area (Å²) >= 11 is 8.90. The van der Waals surface area contributed by atoms with Gasteiger partial charge in [-0.25, -0.2) is 4.72 Å². The Morgan fingerprint density at radius 2 is 1.89 bits per heavy atom. The summed E-state index contributed by atoms with van der Waals surface area (Å²) < 4.78 is 15.4. The van der Waals surface area contributed by atoms with Crippen molar-refractivity contribution < 1.29 is 24.2 Å². The van der Waals surface area contributed by atoms with E-state index in [0.29, 0.717) is 43.5 Å². The van der Waals surface area contributed by atoms with E-state index in [9.17, 15) is 14.7 Å². The van der Waals surface area contributed by atoms with Crippen LogP contribution in [-0.4, -0.2) is 60.3 Å². The molecule has 2 fully saturated rings. The summed E-state index contributed by atoms with van der Waals surface area (Å²) in [4.78, 5) is 27.7. The molecule has 2 heterocycles. The number of amides is 1. The van der Waals surface area contributed by atoms with Crippen LogP contribution in [-0.2, 0) is 14.3 Å². The van der Waals surface area contributed by atoms with Crippen molar-refractivity contribution >= 4 is 46.8 Å². The summed E-state index contributed by atoms with van der Waals surface area (Å²) in [5.74, 6) is -0.738. The molecule has 1 aromatic heterocycles. The Bertz CT molecular complexity index is 1250. The van der Waals surface area contributed by atoms with E-state index in [0.717, 1.165) is 20.2 Å². The van der Waals surface area contributed by atoms with Crippen LogP contribution in [0.5, 0.6) is 5.75 Å². The Kier molecular flexibility index (Phi) is 7.55. The Morgan fingerprint density at radius 1 is 1.14 bits per heavy atom. The predicted molar refractivity (Wildman–Crippen MR) is 141 cm³/mol. The minimum Gasteiger partial charge on any atom is -0.483 e. The highest BCUT2D eigenvalue weighted by Gasteiger charge is 2.62. The van der Waals surface area contributed by atoms with Crippen LogP contribution in [0.3, 0.4) is 0 Å². The molecule has 2 aromatic carbocycles. The lowest BCUT2D eigenvalue weighted by molar-refractivity contribution is -0.140. The molecule has 5 rings (SSSR count). The number of hydrogen-bond donors (Lipinski definition) is 2. The van der Waals surface area contributed by atoms with E-state index in [1.54, 1.807) is 22.3 Å². The number of benzene rings is 2. The van der Waals surface area contributed by atoms with Crippen LogP contribution in [0.25, 0.3) is 10.4 Å². The van der Waals surface area contributed by atoms with Crippen LogP contribution >= 0.6 is 34.9 Å². The SMILES string of the molecule is O=C(COc1ccccc1C1CC1(NSc1ccc(-c2ccc(Cl)cc2)s1)C(=O)O)N1CCOCC1. The third kappa shape index (κ3) is 5.40. The summed E-state index contributed by atoms with van der Waals surface area (Å²) in [5.41, 5.74) is 0.741. The van der Waals surface area contributed by atoms with E-state index in [-0.39, 0.29) is 18.4 Å². The minimum atomic E-state index is -1.11. The first kappa shape index (κ1) is 25.1. The van der Waals surface area contributed by atoms with Gasteiger partial charge in [0.2, 0.25) is 0 Å². The zero-order valence-corrected chi connectivity index (χ0v) is 21.7. The summed E-state index contributed by atoms with van der Waals surface area (Å²) in [5, 5.41) is 10.8. The summed E-state index contributed by atoms with van der Waals surface area (Å²) in [7, 11) is 0. The first-order valence-corrected chi connectivity index (χ1v) is 13.6. The van der Waals surface area contributed by atoms with Crippen molar-refractivity contribution in [1.82, 2.24) is 9.62 Å². The van der Waals surface area contributed by atoms with Crippen LogP contribution in [0.2, 0.25) is 5.02 Å². The fraction of sp³-hybridized carbons (Fsp3) is 0.308. The van der Waals surface area contributed by atoms with Crippen LogP contribution in [0, 0.1) is 0 Å². The monoisotopic (exact) mass is 544 g/mol. The highest BCUT2D eigenvalue weighted by molar-refractivity contribution is 7.99. The molecule has 2 atom stereocenters. The van der Waals surface area contributed by atoms with Gasteiger partial charge in [-0.1, -0.05) is 41.9 Å². The van der Waals surface area contributed by atoms with Gasteiger partial charge in [0.05, 0.1) is 17.4 Å². The van der Waals surface area contributed by atoms with Gasteiger partial charge >= 0.3 is 5.97 Å². The van der Waals surface area contributed by atoms with E-state index in [1.807, 2.05) is 54.6 Å². The summed E-state index contributed by atoms with van der Waals surface area (Å²) in [6.07, 6.45) is 0.433. The van der Waals surface area contributed by atoms with Gasteiger partial charge in [-0.3, -0.25) is 9.59 Å². The first-order chi connectivity index (χ1) is 17.5. The van der Waals surface area contributed by atoms with Crippen molar-refractivity contribution in [3.05, 3.63) is 71.2 Å². The third-order valence-corrected chi connectivity index (χ3v) is 8.88. The number of carboxylic acid groups (broad SMARTS) is 1. The lowest BCUT2D eigenvalue weighted by Gasteiger charge is -2.27. The maximum atomic E-state index is 12.5. The van der Waals surface area contributed by atoms with Gasteiger partial charge in [0, 0.05) is 28.9 Å². The largest absolute Gasteiger partial charge is 0.483 e. The maximum absolute atomic E-state index is 12.5. The second kappa shape index (κ2) is 10.8. The van der Waals surface area contributed by atoms with Gasteiger partial charge in [-0.05, 0) is 59.8 Å². The number of nitrogens with zero attached hydrogens (tertiary/aromatic N) is 1. The Hall–Kier alpha value is -2.56. The zero-order chi connectivity index (χ0) is 25.1. The maximum Gasteiger partial charge on any atom is 0.325 e. The Morgan fingerprint density at radius 3 is 2.64 bits per heavy atom. The predicted octanol–water partition coefficient (Wildman–Crippen LogP) is 4.91. The fourth-order valence-electron chi connectivity index (χ4n) is 4.26. The Balaban J connectivity index is 1.25. The smallest absolute Gasteiger partial charge is 0.325 e. The highest BCUT2D eigenvalue weighted by atomic mass is 35.5. The molecule has 1 aliphatic carbocycles. The van der Waals surface area contributed by atoms with Gasteiger partial charge in [0.1, 0.15) is 11.3 Å². The molecule has 2 unspecified atom stereocenters. The van der Waals surface area contributed by atoms with Crippen LogP contribution in [0.4, 0.5) is 0 Å². The number of ether oxygens (including phenoxy) is 2. The number of morpholine rings is 1. The molecule has 3 aromatic rings. The normalized spacial score (nSPS) is 21.2. The molecule has 7 nitrogen and oxygen atoms in total. The van der Waals surface area contributed by atoms with Gasteiger partial charge in [0.15, 0.2) is 6.61 Å². The lowest BCUT2D eigenvalue weighted by Crippen LogP contribution is -2.43. The lowest BCUT2D eigenvalue weighted by atomic mass is 10.1. The van der Waals surface area contributed by atoms with E-state index < -0.39 is 11.5 Å². The fourth-order valence-corrected chi connectivity index (χ4v) is 6.42. The second-order valence-electron chi connectivity index (χ2n) is 8.68. The molecule has 0 radical (unpaired) electrons. The number of carboxylic acids is 1. The molecule has 0 bridgehead atoms. The van der Waals surface area contributed by atoms with E-state index >= 15 is 0 Å². The van der Waals surface area contributed by atoms with Crippen molar-refractivity contribution in [2.75, 3.05) is 32.9 Å². The van der Waals surface area contributed by atoms with Crippen molar-refractivity contribution in [2.24, 2.45) is 0 Å². The van der Waals surface area contributed by atoms with E-state index in [4.69, 9.17) is 21.1 Å². The molecule has 10 heteroatoms. The molecule has 0 spiro atoms. The summed E-state index contributed by atoms with van der Waals surface area (Å²) in [6.45, 7) is 2.08. The number of nitrogens with one attached hydrogen (secondary N) is 1. The zero-order valence-electron chi connectivity index (χ0n) is 19.3. The van der Waals surface area contributed by atoms with Crippen LogP contribution in [0.15, 0.2) is 64.9 Å². The van der Waals surface area contributed by atoms with Crippen LogP contribution in [0.1, 0.15) is 17.9 Å². The van der Waals surface area contributed by atoms with Crippen molar-refractivity contribution in [1.29, 1.82) is 0 Å². The molecule has 2 N–H and O–H groups in total. The van der Waals surface area contributed by atoms with Crippen molar-refractivity contribution in [3.8, 4) is 16.2 Å². The number of rotatable bonds is 9. The summed E-state index contributed by atoms with van der Waals surface area (Å²) in [6, 6.07) is 19.0. The number of para-hydroxylation sites is 1. The number of carbonyl (C=O) groups excluding carboxylic acids is 1. The van der Waals surface area contributed by atoms with Gasteiger partial charge in [-0.2, -0.15) is 0 Å². The van der Waals surface area contributed by atoms with Crippen LogP contribution < -0.4 is 9.46 Å². The molecular formula is C26H25ClN2O5S2. The second-order valence-corrected chi connectivity index (χ2v) is 11.3. The Labute approximate surface area is 222 Å². The number of halogens is 1. The molecule has 36 heavy (non-hydrogen) atoms. The molecule has 1 saturated heterocycles. The van der Waals surface area contributed by atoms with Gasteiger partial charge in [-0.15, -0.1) is 11.3 Å².